The summed E-state index contributed by atoms with van der Waals surface area (Å²) in [6.07, 6.45) is 5.26. The SMILES string of the molecule is NNc1ccc(C(=O)N2CCCCC2CCO)cn1. The Morgan fingerprint density at radius 3 is 3.00 bits per heavy atom. The zero-order valence-corrected chi connectivity index (χ0v) is 10.9. The summed E-state index contributed by atoms with van der Waals surface area (Å²) in [5.41, 5.74) is 2.99. The van der Waals surface area contributed by atoms with Crippen LogP contribution < -0.4 is 11.3 Å². The molecule has 1 aliphatic rings. The largest absolute Gasteiger partial charge is 0.396 e. The smallest absolute Gasteiger partial charge is 0.255 e. The summed E-state index contributed by atoms with van der Waals surface area (Å²) in [5, 5.41) is 9.08. The first kappa shape index (κ1) is 13.8. The topological polar surface area (TPSA) is 91.5 Å². The highest BCUT2D eigenvalue weighted by Gasteiger charge is 2.27. The van der Waals surface area contributed by atoms with Gasteiger partial charge in [0.2, 0.25) is 0 Å². The maximum atomic E-state index is 12.4. The molecule has 1 aliphatic heterocycles. The molecule has 0 aliphatic carbocycles. The number of nitrogens with zero attached hydrogens (tertiary/aromatic N) is 2. The van der Waals surface area contributed by atoms with Gasteiger partial charge in [-0.25, -0.2) is 10.8 Å². The summed E-state index contributed by atoms with van der Waals surface area (Å²) in [6.45, 7) is 0.864. The van der Waals surface area contributed by atoms with Crippen LogP contribution in [0.2, 0.25) is 0 Å². The Morgan fingerprint density at radius 2 is 2.37 bits per heavy atom. The number of aromatic nitrogens is 1. The average Bonchev–Trinajstić information content (AvgIpc) is 2.47. The van der Waals surface area contributed by atoms with Gasteiger partial charge in [-0.15, -0.1) is 0 Å². The van der Waals surface area contributed by atoms with Crippen LogP contribution in [0.25, 0.3) is 0 Å². The first-order chi connectivity index (χ1) is 9.26. The molecule has 1 saturated heterocycles. The molecule has 0 bridgehead atoms. The number of aliphatic hydroxyl groups excluding tert-OH is 1. The number of rotatable bonds is 4. The van der Waals surface area contributed by atoms with E-state index in [0.29, 0.717) is 17.8 Å². The number of piperidine rings is 1. The highest BCUT2D eigenvalue weighted by Crippen LogP contribution is 2.21. The average molecular weight is 264 g/mol. The molecule has 1 amide bonds. The molecular weight excluding hydrogens is 244 g/mol. The maximum Gasteiger partial charge on any atom is 0.255 e. The molecule has 1 aromatic heterocycles. The van der Waals surface area contributed by atoms with Gasteiger partial charge >= 0.3 is 0 Å². The Morgan fingerprint density at radius 1 is 1.53 bits per heavy atom. The van der Waals surface area contributed by atoms with Gasteiger partial charge in [-0.05, 0) is 37.8 Å². The molecule has 1 atom stereocenters. The number of pyridine rings is 1. The number of carbonyl (C=O) groups is 1. The minimum Gasteiger partial charge on any atom is -0.396 e. The Balaban J connectivity index is 2.11. The van der Waals surface area contributed by atoms with Crippen LogP contribution in [-0.2, 0) is 0 Å². The zero-order chi connectivity index (χ0) is 13.7. The highest BCUT2D eigenvalue weighted by molar-refractivity contribution is 5.94. The number of likely N-dealkylation sites (tertiary alicyclic amines) is 1. The molecule has 0 spiro atoms. The lowest BCUT2D eigenvalue weighted by atomic mass is 9.98. The van der Waals surface area contributed by atoms with E-state index in [1.54, 1.807) is 12.1 Å². The minimum atomic E-state index is -0.0192. The summed E-state index contributed by atoms with van der Waals surface area (Å²) in [4.78, 5) is 18.3. The van der Waals surface area contributed by atoms with Crippen LogP contribution in [0.3, 0.4) is 0 Å². The van der Waals surface area contributed by atoms with Crippen molar-refractivity contribution < 1.29 is 9.90 Å². The second kappa shape index (κ2) is 6.49. The zero-order valence-electron chi connectivity index (χ0n) is 10.9. The first-order valence-electron chi connectivity index (χ1n) is 6.60. The summed E-state index contributed by atoms with van der Waals surface area (Å²) in [5.74, 6) is 5.76. The standard InChI is InChI=1S/C13H20N4O2/c14-16-12-5-4-10(9-15-12)13(19)17-7-2-1-3-11(17)6-8-18/h4-5,9,11,18H,1-3,6-8,14H2,(H,15,16). The van der Waals surface area contributed by atoms with Gasteiger partial charge in [0, 0.05) is 25.4 Å². The van der Waals surface area contributed by atoms with E-state index in [9.17, 15) is 4.79 Å². The van der Waals surface area contributed by atoms with Gasteiger partial charge in [0.05, 0.1) is 5.56 Å². The summed E-state index contributed by atoms with van der Waals surface area (Å²) < 4.78 is 0. The molecule has 6 heteroatoms. The van der Waals surface area contributed by atoms with Crippen molar-refractivity contribution in [3.63, 3.8) is 0 Å². The number of hydrogen-bond donors (Lipinski definition) is 3. The molecule has 2 rings (SSSR count). The number of amides is 1. The van der Waals surface area contributed by atoms with Crippen molar-refractivity contribution in [2.45, 2.75) is 31.7 Å². The van der Waals surface area contributed by atoms with Crippen LogP contribution in [0.5, 0.6) is 0 Å². The van der Waals surface area contributed by atoms with Crippen LogP contribution in [0, 0.1) is 0 Å². The van der Waals surface area contributed by atoms with E-state index in [1.165, 1.54) is 6.20 Å². The van der Waals surface area contributed by atoms with E-state index >= 15 is 0 Å². The number of nitrogen functional groups attached to an aromatic ring is 1. The van der Waals surface area contributed by atoms with Crippen molar-refractivity contribution in [3.8, 4) is 0 Å². The summed E-state index contributed by atoms with van der Waals surface area (Å²) >= 11 is 0. The van der Waals surface area contributed by atoms with E-state index in [-0.39, 0.29) is 18.6 Å². The number of hydrogen-bond acceptors (Lipinski definition) is 5. The second-order valence-corrected chi connectivity index (χ2v) is 4.74. The third-order valence-corrected chi connectivity index (χ3v) is 3.51. The molecule has 104 valence electrons. The van der Waals surface area contributed by atoms with Crippen molar-refractivity contribution in [2.24, 2.45) is 5.84 Å². The number of carbonyl (C=O) groups excluding carboxylic acids is 1. The quantitative estimate of drug-likeness (QED) is 0.551. The monoisotopic (exact) mass is 264 g/mol. The third-order valence-electron chi connectivity index (χ3n) is 3.51. The van der Waals surface area contributed by atoms with E-state index in [4.69, 9.17) is 10.9 Å². The first-order valence-corrected chi connectivity index (χ1v) is 6.60. The summed E-state index contributed by atoms with van der Waals surface area (Å²) in [6, 6.07) is 3.53. The van der Waals surface area contributed by atoms with Crippen molar-refractivity contribution in [2.75, 3.05) is 18.6 Å². The number of anilines is 1. The van der Waals surface area contributed by atoms with Crippen LogP contribution in [-0.4, -0.2) is 40.1 Å². The number of nitrogens with one attached hydrogen (secondary N) is 1. The molecular formula is C13H20N4O2. The van der Waals surface area contributed by atoms with Crippen molar-refractivity contribution in [1.29, 1.82) is 0 Å². The summed E-state index contributed by atoms with van der Waals surface area (Å²) in [7, 11) is 0. The highest BCUT2D eigenvalue weighted by atomic mass is 16.3. The van der Waals surface area contributed by atoms with E-state index in [1.807, 2.05) is 4.90 Å². The third kappa shape index (κ3) is 3.21. The molecule has 19 heavy (non-hydrogen) atoms. The Kier molecular flexibility index (Phi) is 4.70. The molecule has 0 radical (unpaired) electrons. The minimum absolute atomic E-state index is 0.0192. The van der Waals surface area contributed by atoms with Gasteiger partial charge in [0.1, 0.15) is 5.82 Å². The van der Waals surface area contributed by atoms with Crippen LogP contribution in [0.4, 0.5) is 5.82 Å². The predicted octanol–water partition coefficient (Wildman–Crippen LogP) is 0.744. The fraction of sp³-hybridized carbons (Fsp3) is 0.538. The van der Waals surface area contributed by atoms with Crippen molar-refractivity contribution >= 4 is 11.7 Å². The molecule has 4 N–H and O–H groups in total. The van der Waals surface area contributed by atoms with Crippen molar-refractivity contribution in [3.05, 3.63) is 23.9 Å². The predicted molar refractivity (Wildman–Crippen MR) is 72.4 cm³/mol. The van der Waals surface area contributed by atoms with Crippen molar-refractivity contribution in [1.82, 2.24) is 9.88 Å². The number of aliphatic hydroxyl groups is 1. The molecule has 0 aromatic carbocycles. The van der Waals surface area contributed by atoms with Crippen LogP contribution in [0.15, 0.2) is 18.3 Å². The van der Waals surface area contributed by atoms with Gasteiger partial charge in [-0.2, -0.15) is 0 Å². The lowest BCUT2D eigenvalue weighted by molar-refractivity contribution is 0.0574. The van der Waals surface area contributed by atoms with Gasteiger partial charge in [-0.3, -0.25) is 4.79 Å². The normalized spacial score (nSPS) is 19.3. The second-order valence-electron chi connectivity index (χ2n) is 4.74. The Labute approximate surface area is 112 Å². The molecule has 6 nitrogen and oxygen atoms in total. The van der Waals surface area contributed by atoms with Gasteiger partial charge in [-0.1, -0.05) is 0 Å². The van der Waals surface area contributed by atoms with E-state index < -0.39 is 0 Å². The molecule has 1 aromatic rings. The Hall–Kier alpha value is -1.66. The fourth-order valence-electron chi connectivity index (χ4n) is 2.49. The number of hydrazine groups is 1. The molecule has 1 fully saturated rings. The molecule has 2 heterocycles. The maximum absolute atomic E-state index is 12.4. The van der Waals surface area contributed by atoms with Gasteiger partial charge in [0.15, 0.2) is 0 Å². The van der Waals surface area contributed by atoms with Crippen LogP contribution >= 0.6 is 0 Å². The molecule has 1 unspecified atom stereocenters. The molecule has 0 saturated carbocycles. The van der Waals surface area contributed by atoms with E-state index in [0.717, 1.165) is 25.8 Å². The van der Waals surface area contributed by atoms with Gasteiger partial charge in [0.25, 0.3) is 5.91 Å². The van der Waals surface area contributed by atoms with E-state index in [2.05, 4.69) is 10.4 Å². The Bertz CT molecular complexity index is 419. The van der Waals surface area contributed by atoms with Gasteiger partial charge < -0.3 is 15.4 Å². The van der Waals surface area contributed by atoms with Crippen LogP contribution in [0.1, 0.15) is 36.0 Å². The lowest BCUT2D eigenvalue weighted by Crippen LogP contribution is -2.44. The number of nitrogens with two attached hydrogens (primary N) is 1. The lowest BCUT2D eigenvalue weighted by Gasteiger charge is -2.35. The fourth-order valence-corrected chi connectivity index (χ4v) is 2.49.